The van der Waals surface area contributed by atoms with Crippen LogP contribution in [-0.2, 0) is 0 Å². The molecule has 5 heteroatoms. The lowest BCUT2D eigenvalue weighted by Crippen LogP contribution is -2.29. The number of hydrazone groups is 1. The van der Waals surface area contributed by atoms with Gasteiger partial charge in [0.05, 0.1) is 26.0 Å². The first kappa shape index (κ1) is 13.9. The van der Waals surface area contributed by atoms with Crippen LogP contribution in [0.1, 0.15) is 23.6 Å². The van der Waals surface area contributed by atoms with E-state index in [9.17, 15) is 0 Å². The average Bonchev–Trinajstić information content (AvgIpc) is 3.05. The van der Waals surface area contributed by atoms with Gasteiger partial charge in [0.15, 0.2) is 6.73 Å². The molecule has 0 saturated carbocycles. The predicted octanol–water partition coefficient (Wildman–Crippen LogP) is 3.20. The second kappa shape index (κ2) is 5.50. The normalized spacial score (nSPS) is 18.6. The van der Waals surface area contributed by atoms with E-state index in [0.29, 0.717) is 6.73 Å². The average molecular weight is 310 g/mol. The Balaban J connectivity index is 1.69. The van der Waals surface area contributed by atoms with E-state index in [1.54, 1.807) is 14.2 Å². The number of ether oxygens (including phenoxy) is 3. The minimum Gasteiger partial charge on any atom is -0.497 e. The number of nitrogens with zero attached hydrogens (tertiary/aromatic N) is 2. The maximum atomic E-state index is 5.78. The van der Waals surface area contributed by atoms with Crippen LogP contribution in [-0.4, -0.2) is 31.7 Å². The van der Waals surface area contributed by atoms with E-state index in [1.807, 2.05) is 41.4 Å². The molecule has 0 amide bonds. The maximum absolute atomic E-state index is 5.78. The Labute approximate surface area is 135 Å². The van der Waals surface area contributed by atoms with Crippen molar-refractivity contribution in [1.82, 2.24) is 5.01 Å². The molecule has 118 valence electrons. The molecule has 1 atom stereocenters. The quantitative estimate of drug-likeness (QED) is 0.873. The lowest BCUT2D eigenvalue weighted by molar-refractivity contribution is 0.0750. The van der Waals surface area contributed by atoms with Crippen molar-refractivity contribution in [3.63, 3.8) is 0 Å². The fraction of sp³-hybridized carbons (Fsp3) is 0.278. The van der Waals surface area contributed by atoms with Gasteiger partial charge in [-0.1, -0.05) is 18.2 Å². The van der Waals surface area contributed by atoms with Gasteiger partial charge in [-0.3, -0.25) is 5.01 Å². The molecule has 0 radical (unpaired) electrons. The first-order chi connectivity index (χ1) is 11.3. The number of fused-ring (bicyclic) bond motifs is 3. The molecule has 2 heterocycles. The van der Waals surface area contributed by atoms with Gasteiger partial charge in [-0.25, -0.2) is 0 Å². The minimum atomic E-state index is 0.224. The van der Waals surface area contributed by atoms with Crippen LogP contribution in [0.25, 0.3) is 0 Å². The number of benzene rings is 2. The topological polar surface area (TPSA) is 43.3 Å². The third kappa shape index (κ3) is 2.29. The minimum absolute atomic E-state index is 0.224. The zero-order valence-electron chi connectivity index (χ0n) is 13.2. The number of para-hydroxylation sites is 1. The Bertz CT molecular complexity index is 773. The number of hydrogen-bond acceptors (Lipinski definition) is 5. The summed E-state index contributed by atoms with van der Waals surface area (Å²) in [6.45, 7) is 0.476. The second-order valence-corrected chi connectivity index (χ2v) is 5.58. The zero-order valence-corrected chi connectivity index (χ0v) is 13.2. The van der Waals surface area contributed by atoms with Crippen molar-refractivity contribution in [3.05, 3.63) is 53.6 Å². The van der Waals surface area contributed by atoms with Gasteiger partial charge in [0.2, 0.25) is 0 Å². The molecule has 0 aromatic heterocycles. The summed E-state index contributed by atoms with van der Waals surface area (Å²) in [7, 11) is 3.32. The van der Waals surface area contributed by atoms with E-state index in [0.717, 1.165) is 34.9 Å². The molecule has 4 rings (SSSR count). The van der Waals surface area contributed by atoms with Crippen LogP contribution in [0.2, 0.25) is 0 Å². The van der Waals surface area contributed by atoms with Crippen LogP contribution in [0.15, 0.2) is 47.6 Å². The lowest BCUT2D eigenvalue weighted by atomic mass is 9.97. The van der Waals surface area contributed by atoms with Crippen molar-refractivity contribution < 1.29 is 14.2 Å². The van der Waals surface area contributed by atoms with E-state index in [1.165, 1.54) is 5.56 Å². The molecule has 2 aliphatic heterocycles. The third-order valence-electron chi connectivity index (χ3n) is 4.35. The van der Waals surface area contributed by atoms with Gasteiger partial charge in [-0.05, 0) is 18.2 Å². The van der Waals surface area contributed by atoms with E-state index < -0.39 is 0 Å². The molecule has 2 aliphatic rings. The summed E-state index contributed by atoms with van der Waals surface area (Å²) in [4.78, 5) is 0. The molecule has 0 bridgehead atoms. The second-order valence-electron chi connectivity index (χ2n) is 5.58. The molecule has 0 N–H and O–H groups in total. The van der Waals surface area contributed by atoms with Gasteiger partial charge in [0.1, 0.15) is 17.2 Å². The Morgan fingerprint density at radius 2 is 2.00 bits per heavy atom. The van der Waals surface area contributed by atoms with Crippen molar-refractivity contribution in [3.8, 4) is 17.2 Å². The molecule has 2 aromatic carbocycles. The highest BCUT2D eigenvalue weighted by atomic mass is 16.5. The third-order valence-corrected chi connectivity index (χ3v) is 4.35. The standard InChI is InChI=1S/C18H18N2O3/c1-21-12-7-8-13(18(9-12)22-2)15-10-16-14-5-3-4-6-17(14)23-11-20(16)19-15/h3-9,16H,10-11H2,1-2H3. The van der Waals surface area contributed by atoms with E-state index in [2.05, 4.69) is 6.07 Å². The highest BCUT2D eigenvalue weighted by Crippen LogP contribution is 2.41. The van der Waals surface area contributed by atoms with Crippen LogP contribution in [0.4, 0.5) is 0 Å². The van der Waals surface area contributed by atoms with Crippen LogP contribution < -0.4 is 14.2 Å². The molecular weight excluding hydrogens is 292 g/mol. The number of methoxy groups -OCH3 is 2. The van der Waals surface area contributed by atoms with Crippen molar-refractivity contribution in [2.75, 3.05) is 21.0 Å². The number of rotatable bonds is 3. The molecule has 0 fully saturated rings. The Hall–Kier alpha value is -2.69. The van der Waals surface area contributed by atoms with E-state index in [4.69, 9.17) is 19.3 Å². The zero-order chi connectivity index (χ0) is 15.8. The first-order valence-electron chi connectivity index (χ1n) is 7.58. The molecule has 2 aromatic rings. The van der Waals surface area contributed by atoms with E-state index >= 15 is 0 Å². The Kier molecular flexibility index (Phi) is 3.33. The van der Waals surface area contributed by atoms with Gasteiger partial charge in [-0.15, -0.1) is 0 Å². The maximum Gasteiger partial charge on any atom is 0.177 e. The van der Waals surface area contributed by atoms with Gasteiger partial charge in [0, 0.05) is 23.6 Å². The monoisotopic (exact) mass is 310 g/mol. The van der Waals surface area contributed by atoms with Crippen LogP contribution >= 0.6 is 0 Å². The summed E-state index contributed by atoms with van der Waals surface area (Å²) >= 11 is 0. The number of hydrogen-bond donors (Lipinski definition) is 0. The largest absolute Gasteiger partial charge is 0.497 e. The fourth-order valence-electron chi connectivity index (χ4n) is 3.17. The predicted molar refractivity (Wildman–Crippen MR) is 87.2 cm³/mol. The molecule has 23 heavy (non-hydrogen) atoms. The fourth-order valence-corrected chi connectivity index (χ4v) is 3.17. The molecule has 0 saturated heterocycles. The molecule has 1 unspecified atom stereocenters. The molecule has 0 spiro atoms. The van der Waals surface area contributed by atoms with Gasteiger partial charge >= 0.3 is 0 Å². The van der Waals surface area contributed by atoms with E-state index in [-0.39, 0.29) is 6.04 Å². The molecule has 5 nitrogen and oxygen atoms in total. The van der Waals surface area contributed by atoms with Crippen LogP contribution in [0, 0.1) is 0 Å². The molecule has 0 aliphatic carbocycles. The van der Waals surface area contributed by atoms with Gasteiger partial charge in [-0.2, -0.15) is 5.10 Å². The van der Waals surface area contributed by atoms with Gasteiger partial charge in [0.25, 0.3) is 0 Å². The summed E-state index contributed by atoms with van der Waals surface area (Å²) in [5, 5.41) is 6.75. The lowest BCUT2D eigenvalue weighted by Gasteiger charge is -2.30. The first-order valence-corrected chi connectivity index (χ1v) is 7.58. The van der Waals surface area contributed by atoms with Crippen molar-refractivity contribution in [2.24, 2.45) is 5.10 Å². The van der Waals surface area contributed by atoms with Crippen molar-refractivity contribution >= 4 is 5.71 Å². The van der Waals surface area contributed by atoms with Crippen molar-refractivity contribution in [2.45, 2.75) is 12.5 Å². The smallest absolute Gasteiger partial charge is 0.177 e. The Morgan fingerprint density at radius 1 is 1.13 bits per heavy atom. The summed E-state index contributed by atoms with van der Waals surface area (Å²) in [5.74, 6) is 2.50. The Morgan fingerprint density at radius 3 is 2.83 bits per heavy atom. The summed E-state index contributed by atoms with van der Waals surface area (Å²) < 4.78 is 16.6. The summed E-state index contributed by atoms with van der Waals surface area (Å²) in [5.41, 5.74) is 3.19. The van der Waals surface area contributed by atoms with Gasteiger partial charge < -0.3 is 14.2 Å². The van der Waals surface area contributed by atoms with Crippen LogP contribution in [0.5, 0.6) is 17.2 Å². The molecular formula is C18H18N2O3. The highest BCUT2D eigenvalue weighted by molar-refractivity contribution is 6.04. The van der Waals surface area contributed by atoms with Crippen LogP contribution in [0.3, 0.4) is 0 Å². The highest BCUT2D eigenvalue weighted by Gasteiger charge is 2.34. The summed E-state index contributed by atoms with van der Waals surface area (Å²) in [6, 6.07) is 14.2. The van der Waals surface area contributed by atoms with Crippen molar-refractivity contribution in [1.29, 1.82) is 0 Å². The summed E-state index contributed by atoms with van der Waals surface area (Å²) in [6.07, 6.45) is 0.836. The SMILES string of the molecule is COc1ccc(C2=NN3COc4ccccc4C3C2)c(OC)c1.